The van der Waals surface area contributed by atoms with Gasteiger partial charge in [0.15, 0.2) is 0 Å². The van der Waals surface area contributed by atoms with Gasteiger partial charge in [0.25, 0.3) is 10.0 Å². The molecule has 1 aliphatic rings. The van der Waals surface area contributed by atoms with Crippen molar-refractivity contribution in [1.29, 1.82) is 0 Å². The van der Waals surface area contributed by atoms with E-state index >= 15 is 0 Å². The molecule has 1 saturated heterocycles. The third-order valence-corrected chi connectivity index (χ3v) is 5.69. The maximum atomic E-state index is 12.6. The van der Waals surface area contributed by atoms with Gasteiger partial charge in [-0.15, -0.1) is 0 Å². The van der Waals surface area contributed by atoms with Gasteiger partial charge in [0.2, 0.25) is 5.95 Å². The molecule has 0 atom stereocenters. The van der Waals surface area contributed by atoms with Crippen molar-refractivity contribution in [3.63, 3.8) is 0 Å². The SMILES string of the molecule is Cc1ccc(C)c(S(=O)(=O)Nc2cnc(N3CCCCC3)nc2)c1. The van der Waals surface area contributed by atoms with Crippen molar-refractivity contribution in [3.05, 3.63) is 41.7 Å². The average molecular weight is 346 g/mol. The van der Waals surface area contributed by atoms with Crippen LogP contribution in [0, 0.1) is 13.8 Å². The van der Waals surface area contributed by atoms with Gasteiger partial charge >= 0.3 is 0 Å². The highest BCUT2D eigenvalue weighted by Gasteiger charge is 2.18. The van der Waals surface area contributed by atoms with E-state index in [4.69, 9.17) is 0 Å². The summed E-state index contributed by atoms with van der Waals surface area (Å²) in [5.41, 5.74) is 1.98. The van der Waals surface area contributed by atoms with Crippen LogP contribution in [0.25, 0.3) is 0 Å². The quantitative estimate of drug-likeness (QED) is 0.921. The molecule has 128 valence electrons. The van der Waals surface area contributed by atoms with Crippen LogP contribution in [0.3, 0.4) is 0 Å². The minimum Gasteiger partial charge on any atom is -0.341 e. The largest absolute Gasteiger partial charge is 0.341 e. The van der Waals surface area contributed by atoms with Gasteiger partial charge in [-0.1, -0.05) is 12.1 Å². The Morgan fingerprint density at radius 3 is 2.38 bits per heavy atom. The van der Waals surface area contributed by atoms with Crippen LogP contribution in [0.2, 0.25) is 0 Å². The molecule has 0 spiro atoms. The number of hydrogen-bond donors (Lipinski definition) is 1. The van der Waals surface area contributed by atoms with Gasteiger partial charge in [-0.2, -0.15) is 0 Å². The molecule has 1 aliphatic heterocycles. The van der Waals surface area contributed by atoms with E-state index in [0.29, 0.717) is 17.2 Å². The predicted octanol–water partition coefficient (Wildman–Crippen LogP) is 2.88. The van der Waals surface area contributed by atoms with Crippen LogP contribution in [0.5, 0.6) is 0 Å². The molecule has 0 radical (unpaired) electrons. The van der Waals surface area contributed by atoms with Crippen LogP contribution in [0.1, 0.15) is 30.4 Å². The first-order chi connectivity index (χ1) is 11.5. The third kappa shape index (κ3) is 3.67. The van der Waals surface area contributed by atoms with Gasteiger partial charge in [-0.25, -0.2) is 18.4 Å². The number of aryl methyl sites for hydroxylation is 2. The van der Waals surface area contributed by atoms with Crippen LogP contribution in [0.4, 0.5) is 11.6 Å². The van der Waals surface area contributed by atoms with Gasteiger partial charge in [0, 0.05) is 13.1 Å². The number of piperidine rings is 1. The van der Waals surface area contributed by atoms with Crippen molar-refractivity contribution in [2.45, 2.75) is 38.0 Å². The van der Waals surface area contributed by atoms with Gasteiger partial charge < -0.3 is 4.90 Å². The second-order valence-electron chi connectivity index (χ2n) is 6.19. The first-order valence-electron chi connectivity index (χ1n) is 8.13. The highest BCUT2D eigenvalue weighted by atomic mass is 32.2. The Morgan fingerprint density at radius 2 is 1.71 bits per heavy atom. The maximum Gasteiger partial charge on any atom is 0.262 e. The summed E-state index contributed by atoms with van der Waals surface area (Å²) in [6, 6.07) is 5.37. The van der Waals surface area contributed by atoms with Gasteiger partial charge in [0.05, 0.1) is 23.0 Å². The van der Waals surface area contributed by atoms with Crippen LogP contribution in [-0.2, 0) is 10.0 Å². The third-order valence-electron chi connectivity index (χ3n) is 4.16. The molecule has 6 nitrogen and oxygen atoms in total. The lowest BCUT2D eigenvalue weighted by Crippen LogP contribution is -2.30. The highest BCUT2D eigenvalue weighted by Crippen LogP contribution is 2.21. The summed E-state index contributed by atoms with van der Waals surface area (Å²) in [5, 5.41) is 0. The molecule has 0 aliphatic carbocycles. The van der Waals surface area contributed by atoms with E-state index in [0.717, 1.165) is 31.5 Å². The monoisotopic (exact) mass is 346 g/mol. The average Bonchev–Trinajstić information content (AvgIpc) is 2.58. The van der Waals surface area contributed by atoms with Crippen LogP contribution >= 0.6 is 0 Å². The van der Waals surface area contributed by atoms with Crippen molar-refractivity contribution in [2.24, 2.45) is 0 Å². The zero-order valence-electron chi connectivity index (χ0n) is 14.0. The first-order valence-corrected chi connectivity index (χ1v) is 9.61. The molecule has 7 heteroatoms. The molecule has 3 rings (SSSR count). The van der Waals surface area contributed by atoms with Crippen LogP contribution in [0.15, 0.2) is 35.5 Å². The smallest absolute Gasteiger partial charge is 0.262 e. The second-order valence-corrected chi connectivity index (χ2v) is 7.84. The number of sulfonamides is 1. The molecule has 0 saturated carbocycles. The first kappa shape index (κ1) is 16.7. The van der Waals surface area contributed by atoms with Crippen molar-refractivity contribution >= 4 is 21.7 Å². The fraction of sp³-hybridized carbons (Fsp3) is 0.412. The molecule has 0 amide bonds. The minimum atomic E-state index is -3.65. The van der Waals surface area contributed by atoms with Gasteiger partial charge in [0.1, 0.15) is 0 Å². The molecule has 1 fully saturated rings. The van der Waals surface area contributed by atoms with Crippen LogP contribution in [-0.4, -0.2) is 31.5 Å². The number of hydrogen-bond acceptors (Lipinski definition) is 5. The van der Waals surface area contributed by atoms with Crippen molar-refractivity contribution < 1.29 is 8.42 Å². The summed E-state index contributed by atoms with van der Waals surface area (Å²) in [6.07, 6.45) is 6.58. The van der Waals surface area contributed by atoms with Crippen molar-refractivity contribution in [3.8, 4) is 0 Å². The summed E-state index contributed by atoms with van der Waals surface area (Å²) >= 11 is 0. The molecular formula is C17H22N4O2S. The Morgan fingerprint density at radius 1 is 1.04 bits per heavy atom. The molecule has 0 unspecified atom stereocenters. The topological polar surface area (TPSA) is 75.2 Å². The fourth-order valence-electron chi connectivity index (χ4n) is 2.84. The summed E-state index contributed by atoms with van der Waals surface area (Å²) in [4.78, 5) is 11.0. The standard InChI is InChI=1S/C17H22N4O2S/c1-13-6-7-14(2)16(10-13)24(22,23)20-15-11-18-17(19-12-15)21-8-4-3-5-9-21/h6-7,10-12,20H,3-5,8-9H2,1-2H3. The molecule has 0 bridgehead atoms. The summed E-state index contributed by atoms with van der Waals surface area (Å²) < 4.78 is 27.7. The lowest BCUT2D eigenvalue weighted by Gasteiger charge is -2.26. The summed E-state index contributed by atoms with van der Waals surface area (Å²) in [6.45, 7) is 5.56. The maximum absolute atomic E-state index is 12.6. The van der Waals surface area contributed by atoms with Gasteiger partial charge in [-0.3, -0.25) is 4.72 Å². The van der Waals surface area contributed by atoms with E-state index in [9.17, 15) is 8.42 Å². The van der Waals surface area contributed by atoms with E-state index in [1.807, 2.05) is 13.0 Å². The Labute approximate surface area is 143 Å². The Hall–Kier alpha value is -2.15. The van der Waals surface area contributed by atoms with Crippen molar-refractivity contribution in [2.75, 3.05) is 22.7 Å². The highest BCUT2D eigenvalue weighted by molar-refractivity contribution is 7.92. The number of rotatable bonds is 4. The number of nitrogens with zero attached hydrogens (tertiary/aromatic N) is 3. The molecule has 2 aromatic rings. The lowest BCUT2D eigenvalue weighted by atomic mass is 10.1. The molecule has 1 aromatic carbocycles. The fourth-order valence-corrected chi connectivity index (χ4v) is 4.20. The zero-order valence-corrected chi connectivity index (χ0v) is 14.8. The molecule has 24 heavy (non-hydrogen) atoms. The van der Waals surface area contributed by atoms with E-state index in [1.54, 1.807) is 19.1 Å². The Balaban J connectivity index is 1.78. The normalized spacial score (nSPS) is 15.3. The molecule has 1 N–H and O–H groups in total. The number of aromatic nitrogens is 2. The van der Waals surface area contributed by atoms with Gasteiger partial charge in [-0.05, 0) is 50.3 Å². The Kier molecular flexibility index (Phi) is 4.71. The Bertz CT molecular complexity index is 813. The number of nitrogens with one attached hydrogen (secondary N) is 1. The molecule has 1 aromatic heterocycles. The predicted molar refractivity (Wildman–Crippen MR) is 94.8 cm³/mol. The summed E-state index contributed by atoms with van der Waals surface area (Å²) in [7, 11) is -3.65. The minimum absolute atomic E-state index is 0.280. The summed E-state index contributed by atoms with van der Waals surface area (Å²) in [5.74, 6) is 0.657. The number of benzene rings is 1. The van der Waals surface area contributed by atoms with E-state index in [2.05, 4.69) is 19.6 Å². The van der Waals surface area contributed by atoms with Crippen LogP contribution < -0.4 is 9.62 Å². The molecular weight excluding hydrogens is 324 g/mol. The van der Waals surface area contributed by atoms with E-state index in [1.165, 1.54) is 18.8 Å². The second kappa shape index (κ2) is 6.76. The molecule has 2 heterocycles. The van der Waals surface area contributed by atoms with E-state index < -0.39 is 10.0 Å². The lowest BCUT2D eigenvalue weighted by molar-refractivity contribution is 0.568. The number of anilines is 2. The van der Waals surface area contributed by atoms with Crippen molar-refractivity contribution in [1.82, 2.24) is 9.97 Å². The van der Waals surface area contributed by atoms with E-state index in [-0.39, 0.29) is 4.90 Å². The zero-order chi connectivity index (χ0) is 17.2.